The van der Waals surface area contributed by atoms with Crippen LogP contribution in [-0.2, 0) is 0 Å². The lowest BCUT2D eigenvalue weighted by Crippen LogP contribution is -1.99. The second-order valence-electron chi connectivity index (χ2n) is 4.24. The van der Waals surface area contributed by atoms with E-state index in [4.69, 9.17) is 0 Å². The number of hydrogen-bond acceptors (Lipinski definition) is 1. The van der Waals surface area contributed by atoms with Crippen molar-refractivity contribution in [3.63, 3.8) is 0 Å². The Hall–Kier alpha value is -0.960. The highest BCUT2D eigenvalue weighted by Gasteiger charge is 2.22. The Morgan fingerprint density at radius 2 is 1.80 bits per heavy atom. The molecule has 15 heavy (non-hydrogen) atoms. The van der Waals surface area contributed by atoms with E-state index in [2.05, 4.69) is 0 Å². The van der Waals surface area contributed by atoms with Crippen LogP contribution in [-0.4, -0.2) is 5.11 Å². The molecule has 82 valence electrons. The minimum Gasteiger partial charge on any atom is -0.388 e. The number of benzene rings is 1. The molecule has 0 amide bonds. The molecule has 1 aromatic rings. The normalized spacial score (nSPS) is 17.8. The number of aliphatic hydroxyl groups excluding tert-OH is 1. The minimum absolute atomic E-state index is 0.341. The molecule has 0 spiro atoms. The second kappa shape index (κ2) is 4.27. The summed E-state index contributed by atoms with van der Waals surface area (Å²) in [7, 11) is 0. The van der Waals surface area contributed by atoms with Gasteiger partial charge in [0.15, 0.2) is 0 Å². The summed E-state index contributed by atoms with van der Waals surface area (Å²) in [5.41, 5.74) is 0.341. The minimum atomic E-state index is -0.740. The Balaban J connectivity index is 1.99. The van der Waals surface area contributed by atoms with E-state index in [1.807, 2.05) is 0 Å². The van der Waals surface area contributed by atoms with E-state index in [1.54, 1.807) is 0 Å². The fourth-order valence-electron chi connectivity index (χ4n) is 1.73. The SMILES string of the molecule is OC(CCC1CC1)c1cc(F)cc(F)c1. The maximum Gasteiger partial charge on any atom is 0.126 e. The quantitative estimate of drug-likeness (QED) is 0.812. The van der Waals surface area contributed by atoms with Gasteiger partial charge in [-0.3, -0.25) is 0 Å². The summed E-state index contributed by atoms with van der Waals surface area (Å²) in [5.74, 6) is -0.538. The van der Waals surface area contributed by atoms with Gasteiger partial charge in [-0.05, 0) is 36.5 Å². The summed E-state index contributed by atoms with van der Waals surface area (Å²) in [6.45, 7) is 0. The maximum atomic E-state index is 12.8. The Kier molecular flexibility index (Phi) is 3.00. The first kappa shape index (κ1) is 10.6. The van der Waals surface area contributed by atoms with Crippen LogP contribution in [0.5, 0.6) is 0 Å². The van der Waals surface area contributed by atoms with Crippen molar-refractivity contribution < 1.29 is 13.9 Å². The van der Waals surface area contributed by atoms with Crippen LogP contribution in [0.25, 0.3) is 0 Å². The first-order valence-electron chi connectivity index (χ1n) is 5.29. The van der Waals surface area contributed by atoms with E-state index in [1.165, 1.54) is 25.0 Å². The lowest BCUT2D eigenvalue weighted by molar-refractivity contribution is 0.161. The highest BCUT2D eigenvalue weighted by molar-refractivity contribution is 5.20. The molecule has 2 rings (SSSR count). The fourth-order valence-corrected chi connectivity index (χ4v) is 1.73. The van der Waals surface area contributed by atoms with E-state index in [-0.39, 0.29) is 0 Å². The lowest BCUT2D eigenvalue weighted by Gasteiger charge is -2.10. The molecular weight excluding hydrogens is 198 g/mol. The van der Waals surface area contributed by atoms with Crippen LogP contribution in [0.15, 0.2) is 18.2 Å². The van der Waals surface area contributed by atoms with Crippen molar-refractivity contribution in [3.05, 3.63) is 35.4 Å². The summed E-state index contributed by atoms with van der Waals surface area (Å²) in [6.07, 6.45) is 3.25. The molecule has 1 fully saturated rings. The van der Waals surface area contributed by atoms with Crippen LogP contribution in [0.2, 0.25) is 0 Å². The molecule has 0 aliphatic heterocycles. The first-order valence-corrected chi connectivity index (χ1v) is 5.29. The third-order valence-electron chi connectivity index (χ3n) is 2.81. The molecule has 1 N–H and O–H groups in total. The Bertz CT molecular complexity index is 327. The molecule has 1 aromatic carbocycles. The topological polar surface area (TPSA) is 20.2 Å². The number of halogens is 2. The summed E-state index contributed by atoms with van der Waals surface area (Å²) in [6, 6.07) is 3.21. The van der Waals surface area contributed by atoms with Gasteiger partial charge in [-0.1, -0.05) is 12.8 Å². The molecule has 0 heterocycles. The predicted molar refractivity (Wildman–Crippen MR) is 53.3 cm³/mol. The smallest absolute Gasteiger partial charge is 0.126 e. The zero-order valence-electron chi connectivity index (χ0n) is 8.42. The van der Waals surface area contributed by atoms with Gasteiger partial charge >= 0.3 is 0 Å². The van der Waals surface area contributed by atoms with Crippen LogP contribution in [0.4, 0.5) is 8.78 Å². The molecule has 0 bridgehead atoms. The largest absolute Gasteiger partial charge is 0.388 e. The number of hydrogen-bond donors (Lipinski definition) is 1. The van der Waals surface area contributed by atoms with Crippen LogP contribution < -0.4 is 0 Å². The van der Waals surface area contributed by atoms with E-state index in [9.17, 15) is 13.9 Å². The predicted octanol–water partition coefficient (Wildman–Crippen LogP) is 3.19. The molecule has 0 saturated heterocycles. The van der Waals surface area contributed by atoms with E-state index in [0.29, 0.717) is 12.0 Å². The monoisotopic (exact) mass is 212 g/mol. The molecule has 1 unspecified atom stereocenters. The molecule has 0 aromatic heterocycles. The third-order valence-corrected chi connectivity index (χ3v) is 2.81. The van der Waals surface area contributed by atoms with Crippen LogP contribution in [0.3, 0.4) is 0 Å². The molecule has 0 radical (unpaired) electrons. The zero-order valence-corrected chi connectivity index (χ0v) is 8.42. The van der Waals surface area contributed by atoms with Gasteiger partial charge in [-0.2, -0.15) is 0 Å². The molecule has 1 atom stereocenters. The summed E-state index contributed by atoms with van der Waals surface area (Å²) < 4.78 is 25.7. The van der Waals surface area contributed by atoms with Gasteiger partial charge < -0.3 is 5.11 Å². The van der Waals surface area contributed by atoms with Crippen LogP contribution in [0, 0.1) is 17.6 Å². The molecule has 1 aliphatic carbocycles. The number of aliphatic hydroxyl groups is 1. The van der Waals surface area contributed by atoms with Crippen molar-refractivity contribution in [1.82, 2.24) is 0 Å². The average Bonchev–Trinajstić information content (AvgIpc) is 2.96. The number of rotatable bonds is 4. The summed E-state index contributed by atoms with van der Waals surface area (Å²) >= 11 is 0. The van der Waals surface area contributed by atoms with Crippen molar-refractivity contribution in [3.8, 4) is 0 Å². The molecule has 1 aliphatic rings. The van der Waals surface area contributed by atoms with E-state index in [0.717, 1.165) is 18.4 Å². The Labute approximate surface area is 87.7 Å². The van der Waals surface area contributed by atoms with Gasteiger partial charge in [0.25, 0.3) is 0 Å². The van der Waals surface area contributed by atoms with Crippen LogP contribution >= 0.6 is 0 Å². The van der Waals surface area contributed by atoms with Crippen molar-refractivity contribution in [1.29, 1.82) is 0 Å². The van der Waals surface area contributed by atoms with Gasteiger partial charge in [0, 0.05) is 6.07 Å². The zero-order chi connectivity index (χ0) is 10.8. The Morgan fingerprint density at radius 1 is 1.20 bits per heavy atom. The maximum absolute atomic E-state index is 12.8. The van der Waals surface area contributed by atoms with Crippen molar-refractivity contribution in [2.24, 2.45) is 5.92 Å². The van der Waals surface area contributed by atoms with Gasteiger partial charge in [0.05, 0.1) is 6.10 Å². The first-order chi connectivity index (χ1) is 7.15. The standard InChI is InChI=1S/C12H14F2O/c13-10-5-9(6-11(14)7-10)12(15)4-3-8-1-2-8/h5-8,12,15H,1-4H2. The average molecular weight is 212 g/mol. The van der Waals surface area contributed by atoms with Crippen molar-refractivity contribution >= 4 is 0 Å². The van der Waals surface area contributed by atoms with E-state index >= 15 is 0 Å². The molecule has 3 heteroatoms. The van der Waals surface area contributed by atoms with E-state index < -0.39 is 17.7 Å². The van der Waals surface area contributed by atoms with Gasteiger partial charge in [0.1, 0.15) is 11.6 Å². The summed E-state index contributed by atoms with van der Waals surface area (Å²) in [5, 5.41) is 9.71. The van der Waals surface area contributed by atoms with Crippen LogP contribution in [0.1, 0.15) is 37.4 Å². The second-order valence-corrected chi connectivity index (χ2v) is 4.24. The van der Waals surface area contributed by atoms with Gasteiger partial charge in [0.2, 0.25) is 0 Å². The van der Waals surface area contributed by atoms with Crippen molar-refractivity contribution in [2.45, 2.75) is 31.8 Å². The molecule has 1 saturated carbocycles. The van der Waals surface area contributed by atoms with Crippen molar-refractivity contribution in [2.75, 3.05) is 0 Å². The van der Waals surface area contributed by atoms with Gasteiger partial charge in [-0.25, -0.2) is 8.78 Å². The Morgan fingerprint density at radius 3 is 2.33 bits per heavy atom. The third kappa shape index (κ3) is 2.99. The molecule has 1 nitrogen and oxygen atoms in total. The van der Waals surface area contributed by atoms with Gasteiger partial charge in [-0.15, -0.1) is 0 Å². The molecular formula is C12H14F2O. The lowest BCUT2D eigenvalue weighted by atomic mass is 10.0. The highest BCUT2D eigenvalue weighted by atomic mass is 19.1. The highest BCUT2D eigenvalue weighted by Crippen LogP contribution is 2.35. The summed E-state index contributed by atoms with van der Waals surface area (Å²) in [4.78, 5) is 0. The fraction of sp³-hybridized carbons (Fsp3) is 0.500.